The molecule has 0 radical (unpaired) electrons. The maximum Gasteiger partial charge on any atom is 0.0540 e. The molecule has 0 N–H and O–H groups in total. The zero-order chi connectivity index (χ0) is 62.3. The molecular weight excluding hydrogens is 1130 g/mol. The van der Waals surface area contributed by atoms with E-state index in [9.17, 15) is 0 Å². The van der Waals surface area contributed by atoms with E-state index >= 15 is 0 Å². The van der Waals surface area contributed by atoms with E-state index in [1.54, 1.807) is 0 Å². The second-order valence-electron chi connectivity index (χ2n) is 24.4. The SMILES string of the molecule is c1ccc(-c2ccc(N(c3ccc4cc5c(cc4c3)-c3cc4cc(N(c6ccc(-c7ccccc7)cc6-c6ccccc6)c6ccc(-c7ccccc7)cc6-c6ccccc6)ccc4cc3-5)c3ccc(-c4ccccc4)cc3-c3ccccc3)c(-c3ccccc3)c2)cc1. The Morgan fingerprint density at radius 2 is 0.340 bits per heavy atom. The van der Waals surface area contributed by atoms with E-state index in [1.165, 1.54) is 88.3 Å². The van der Waals surface area contributed by atoms with Crippen LogP contribution in [-0.4, -0.2) is 0 Å². The first-order valence-electron chi connectivity index (χ1n) is 32.4. The number of fused-ring (bicyclic) bond motifs is 6. The van der Waals surface area contributed by atoms with Crippen molar-refractivity contribution in [2.45, 2.75) is 0 Å². The first kappa shape index (κ1) is 55.7. The number of benzene rings is 16. The molecule has 0 atom stereocenters. The van der Waals surface area contributed by atoms with E-state index in [1.807, 2.05) is 0 Å². The van der Waals surface area contributed by atoms with Crippen molar-refractivity contribution in [3.05, 3.63) is 376 Å². The van der Waals surface area contributed by atoms with Crippen molar-refractivity contribution in [2.75, 3.05) is 9.80 Å². The van der Waals surface area contributed by atoms with Gasteiger partial charge in [-0.25, -0.2) is 0 Å². The molecule has 2 nitrogen and oxygen atoms in total. The monoisotopic (exact) mass is 1190 g/mol. The first-order chi connectivity index (χ1) is 46.6. The molecule has 0 bridgehead atoms. The molecular formula is C92H62N2. The molecule has 16 aromatic carbocycles. The Hall–Kier alpha value is -12.4. The van der Waals surface area contributed by atoms with Gasteiger partial charge in [-0.05, 0) is 208 Å². The molecule has 0 saturated heterocycles. The summed E-state index contributed by atoms with van der Waals surface area (Å²) in [4.78, 5) is 5.00. The van der Waals surface area contributed by atoms with Gasteiger partial charge in [0.15, 0.2) is 0 Å². The van der Waals surface area contributed by atoms with Gasteiger partial charge in [0.25, 0.3) is 0 Å². The molecule has 16 aromatic rings. The van der Waals surface area contributed by atoms with Gasteiger partial charge < -0.3 is 9.80 Å². The Kier molecular flexibility index (Phi) is 14.3. The Bertz CT molecular complexity index is 4850. The molecule has 0 unspecified atom stereocenters. The Balaban J connectivity index is 0.831. The van der Waals surface area contributed by atoms with Crippen LogP contribution in [0.3, 0.4) is 0 Å². The molecule has 0 aliphatic heterocycles. The molecule has 0 saturated carbocycles. The van der Waals surface area contributed by atoms with Gasteiger partial charge >= 0.3 is 0 Å². The second-order valence-corrected chi connectivity index (χ2v) is 24.4. The third-order valence-electron chi connectivity index (χ3n) is 18.7. The van der Waals surface area contributed by atoms with Crippen LogP contribution in [0.4, 0.5) is 34.1 Å². The molecule has 0 spiro atoms. The molecule has 0 aromatic heterocycles. The van der Waals surface area contributed by atoms with E-state index in [2.05, 4.69) is 386 Å². The highest BCUT2D eigenvalue weighted by molar-refractivity contribution is 6.13. The second kappa shape index (κ2) is 24.1. The Morgan fingerprint density at radius 3 is 0.574 bits per heavy atom. The highest BCUT2D eigenvalue weighted by atomic mass is 15.2. The summed E-state index contributed by atoms with van der Waals surface area (Å²) >= 11 is 0. The van der Waals surface area contributed by atoms with Crippen LogP contribution in [0.25, 0.3) is 133 Å². The van der Waals surface area contributed by atoms with Gasteiger partial charge in [0, 0.05) is 33.6 Å². The number of hydrogen-bond acceptors (Lipinski definition) is 2. The van der Waals surface area contributed by atoms with Gasteiger partial charge in [-0.3, -0.25) is 0 Å². The molecule has 0 heterocycles. The number of anilines is 6. The van der Waals surface area contributed by atoms with E-state index in [4.69, 9.17) is 0 Å². The molecule has 0 amide bonds. The van der Waals surface area contributed by atoms with Crippen LogP contribution in [0, 0.1) is 0 Å². The van der Waals surface area contributed by atoms with Gasteiger partial charge in [-0.2, -0.15) is 0 Å². The van der Waals surface area contributed by atoms with E-state index in [0.717, 1.165) is 78.6 Å². The Labute approximate surface area is 549 Å². The fourth-order valence-corrected chi connectivity index (χ4v) is 14.1. The lowest BCUT2D eigenvalue weighted by Crippen LogP contribution is -2.13. The molecule has 1 aliphatic rings. The summed E-state index contributed by atoms with van der Waals surface area (Å²) in [5.74, 6) is 0. The average Bonchev–Trinajstić information content (AvgIpc) is 0.712. The summed E-state index contributed by atoms with van der Waals surface area (Å²) in [5.41, 5.74) is 30.1. The highest BCUT2D eigenvalue weighted by Crippen LogP contribution is 2.54. The summed E-state index contributed by atoms with van der Waals surface area (Å²) in [6.07, 6.45) is 0. The fourth-order valence-electron chi connectivity index (χ4n) is 14.1. The molecule has 440 valence electrons. The molecule has 17 rings (SSSR count). The topological polar surface area (TPSA) is 6.48 Å². The van der Waals surface area contributed by atoms with Crippen molar-refractivity contribution in [3.8, 4) is 111 Å². The minimum Gasteiger partial charge on any atom is -0.309 e. The van der Waals surface area contributed by atoms with Gasteiger partial charge in [0.05, 0.1) is 22.7 Å². The fraction of sp³-hybridized carbons (Fsp3) is 0. The van der Waals surface area contributed by atoms with E-state index in [-0.39, 0.29) is 0 Å². The maximum absolute atomic E-state index is 2.50. The third kappa shape index (κ3) is 10.4. The largest absolute Gasteiger partial charge is 0.309 e. The predicted molar refractivity (Wildman–Crippen MR) is 399 cm³/mol. The van der Waals surface area contributed by atoms with Gasteiger partial charge in [-0.15, -0.1) is 0 Å². The Morgan fingerprint density at radius 1 is 0.128 bits per heavy atom. The number of rotatable bonds is 14. The summed E-state index contributed by atoms with van der Waals surface area (Å²) < 4.78 is 0. The molecule has 94 heavy (non-hydrogen) atoms. The van der Waals surface area contributed by atoms with Gasteiger partial charge in [-0.1, -0.05) is 279 Å². The van der Waals surface area contributed by atoms with Gasteiger partial charge in [0.2, 0.25) is 0 Å². The van der Waals surface area contributed by atoms with Crippen LogP contribution in [0.15, 0.2) is 376 Å². The lowest BCUT2D eigenvalue weighted by molar-refractivity contribution is 1.29. The highest BCUT2D eigenvalue weighted by Gasteiger charge is 2.28. The van der Waals surface area contributed by atoms with Crippen molar-refractivity contribution in [3.63, 3.8) is 0 Å². The molecule has 2 heteroatoms. The standard InChI is InChI=1S/C92H62N2/c1-9-25-63(26-10-1)71-43-49-89(81(55-71)67-33-17-5-18-34-67)93(90-50-44-72(64-27-11-2-12-28-64)56-82(90)68-35-19-6-20-36-68)79-47-41-75-59-85-86-60-76-42-48-80(54-78(76)62-88(86)87(85)61-77(75)53-79)94(91-51-45-73(65-29-13-3-14-30-65)57-83(91)69-37-21-7-22-38-69)92-52-46-74(66-31-15-4-16-32-66)58-84(92)70-39-23-8-24-40-70/h1-62H. The summed E-state index contributed by atoms with van der Waals surface area (Å²) in [7, 11) is 0. The summed E-state index contributed by atoms with van der Waals surface area (Å²) in [5, 5.41) is 4.75. The van der Waals surface area contributed by atoms with Crippen LogP contribution in [0.1, 0.15) is 0 Å². The predicted octanol–water partition coefficient (Wildman–Crippen LogP) is 25.9. The minimum absolute atomic E-state index is 1.07. The normalized spacial score (nSPS) is 11.4. The van der Waals surface area contributed by atoms with E-state index in [0.29, 0.717) is 0 Å². The molecule has 0 fully saturated rings. The van der Waals surface area contributed by atoms with Crippen molar-refractivity contribution >= 4 is 55.7 Å². The smallest absolute Gasteiger partial charge is 0.0540 e. The lowest BCUT2D eigenvalue weighted by Gasteiger charge is -2.32. The number of nitrogens with zero attached hydrogens (tertiary/aromatic N) is 2. The quantitative estimate of drug-likeness (QED) is 0.107. The zero-order valence-electron chi connectivity index (χ0n) is 51.7. The van der Waals surface area contributed by atoms with Crippen molar-refractivity contribution in [1.29, 1.82) is 0 Å². The summed E-state index contributed by atoms with van der Waals surface area (Å²) in [6, 6.07) is 138. The number of hydrogen-bond donors (Lipinski definition) is 0. The van der Waals surface area contributed by atoms with Crippen molar-refractivity contribution in [1.82, 2.24) is 0 Å². The average molecular weight is 1200 g/mol. The zero-order valence-corrected chi connectivity index (χ0v) is 51.7. The lowest BCUT2D eigenvalue weighted by atomic mass is 9.78. The minimum atomic E-state index is 1.07. The van der Waals surface area contributed by atoms with Gasteiger partial charge in [0.1, 0.15) is 0 Å². The van der Waals surface area contributed by atoms with Crippen LogP contribution in [-0.2, 0) is 0 Å². The van der Waals surface area contributed by atoms with Crippen molar-refractivity contribution < 1.29 is 0 Å². The van der Waals surface area contributed by atoms with E-state index < -0.39 is 0 Å². The van der Waals surface area contributed by atoms with Crippen molar-refractivity contribution in [2.24, 2.45) is 0 Å². The maximum atomic E-state index is 2.50. The molecule has 1 aliphatic carbocycles. The van der Waals surface area contributed by atoms with Crippen LogP contribution < -0.4 is 9.80 Å². The van der Waals surface area contributed by atoms with Crippen LogP contribution in [0.5, 0.6) is 0 Å². The first-order valence-corrected chi connectivity index (χ1v) is 32.4. The third-order valence-corrected chi connectivity index (χ3v) is 18.7. The summed E-state index contributed by atoms with van der Waals surface area (Å²) in [6.45, 7) is 0. The van der Waals surface area contributed by atoms with Crippen LogP contribution >= 0.6 is 0 Å². The van der Waals surface area contributed by atoms with Crippen LogP contribution in [0.2, 0.25) is 0 Å².